The zero-order valence-electron chi connectivity index (χ0n) is 18.5. The summed E-state index contributed by atoms with van der Waals surface area (Å²) in [6, 6.07) is 4.20. The Morgan fingerprint density at radius 3 is 2.60 bits per heavy atom. The van der Waals surface area contributed by atoms with Gasteiger partial charge in [-0.2, -0.15) is 4.98 Å². The molecule has 0 amide bonds. The first-order valence-corrected chi connectivity index (χ1v) is 11.3. The van der Waals surface area contributed by atoms with E-state index in [4.69, 9.17) is 0 Å². The van der Waals surface area contributed by atoms with Crippen molar-refractivity contribution in [1.29, 1.82) is 0 Å². The number of nitrogens with zero attached hydrogens (tertiary/aromatic N) is 3. The number of aromatic nitrogens is 4. The summed E-state index contributed by atoms with van der Waals surface area (Å²) in [7, 11) is 0. The molecule has 1 aliphatic carbocycles. The van der Waals surface area contributed by atoms with Crippen LogP contribution in [0.3, 0.4) is 0 Å². The van der Waals surface area contributed by atoms with Gasteiger partial charge in [-0.15, -0.1) is 0 Å². The smallest absolute Gasteiger partial charge is 0.322 e. The molecule has 3 aliphatic rings. The lowest BCUT2D eigenvalue weighted by atomic mass is 9.79. The first-order chi connectivity index (χ1) is 14.4. The Morgan fingerprint density at radius 1 is 1.17 bits per heavy atom. The molecule has 30 heavy (non-hydrogen) atoms. The van der Waals surface area contributed by atoms with Gasteiger partial charge in [-0.05, 0) is 60.8 Å². The average Bonchev–Trinajstić information content (AvgIpc) is 2.70. The maximum absolute atomic E-state index is 12.5. The topological polar surface area (TPSA) is 80.6 Å². The predicted molar refractivity (Wildman–Crippen MR) is 120 cm³/mol. The van der Waals surface area contributed by atoms with Gasteiger partial charge in [0.1, 0.15) is 0 Å². The lowest BCUT2D eigenvalue weighted by Gasteiger charge is -2.29. The fourth-order valence-electron chi connectivity index (χ4n) is 5.07. The monoisotopic (exact) mass is 408 g/mol. The van der Waals surface area contributed by atoms with Crippen molar-refractivity contribution in [2.45, 2.75) is 72.8 Å². The highest BCUT2D eigenvalue weighted by Crippen LogP contribution is 2.33. The van der Waals surface area contributed by atoms with E-state index in [1.165, 1.54) is 36.8 Å². The van der Waals surface area contributed by atoms with E-state index in [0.717, 1.165) is 42.3 Å². The summed E-state index contributed by atoms with van der Waals surface area (Å²) in [5.41, 5.74) is 3.31. The van der Waals surface area contributed by atoms with Crippen molar-refractivity contribution < 1.29 is 0 Å². The summed E-state index contributed by atoms with van der Waals surface area (Å²) in [5, 5.41) is 0. The SMILES string of the molecule is CCc1cc2nc3c(=O)[nH]c(=O)nc-3n(CC(C)CC3CCC(C)CC3)c2cc1C. The molecule has 160 valence electrons. The van der Waals surface area contributed by atoms with Crippen molar-refractivity contribution in [3.8, 4) is 11.5 Å². The number of aryl methyl sites for hydroxylation is 2. The summed E-state index contributed by atoms with van der Waals surface area (Å²) in [5.74, 6) is 2.42. The van der Waals surface area contributed by atoms with E-state index >= 15 is 0 Å². The Balaban J connectivity index is 1.78. The number of aromatic amines is 1. The van der Waals surface area contributed by atoms with Crippen LogP contribution in [0, 0.1) is 24.7 Å². The first-order valence-electron chi connectivity index (χ1n) is 11.3. The third-order valence-corrected chi connectivity index (χ3v) is 6.81. The van der Waals surface area contributed by atoms with Gasteiger partial charge in [0.2, 0.25) is 0 Å². The minimum Gasteiger partial charge on any atom is -0.322 e. The molecule has 6 nitrogen and oxygen atoms in total. The molecule has 1 N–H and O–H groups in total. The lowest BCUT2D eigenvalue weighted by molar-refractivity contribution is 0.243. The molecule has 1 aromatic rings. The largest absolute Gasteiger partial charge is 0.349 e. The van der Waals surface area contributed by atoms with E-state index < -0.39 is 11.2 Å². The number of benzene rings is 1. The van der Waals surface area contributed by atoms with Crippen LogP contribution < -0.4 is 11.2 Å². The van der Waals surface area contributed by atoms with Gasteiger partial charge < -0.3 is 4.57 Å². The number of hydrogen-bond donors (Lipinski definition) is 1. The molecule has 2 heterocycles. The Bertz CT molecular complexity index is 1140. The third-order valence-electron chi connectivity index (χ3n) is 6.81. The van der Waals surface area contributed by atoms with Crippen LogP contribution in [0.1, 0.15) is 64.0 Å². The van der Waals surface area contributed by atoms with E-state index in [-0.39, 0.29) is 5.69 Å². The summed E-state index contributed by atoms with van der Waals surface area (Å²) in [6.45, 7) is 9.56. The van der Waals surface area contributed by atoms with Gasteiger partial charge in [0.25, 0.3) is 5.56 Å². The van der Waals surface area contributed by atoms with E-state index in [1.807, 2.05) is 0 Å². The highest BCUT2D eigenvalue weighted by atomic mass is 16.2. The highest BCUT2D eigenvalue weighted by molar-refractivity contribution is 5.81. The van der Waals surface area contributed by atoms with Crippen LogP contribution in [-0.2, 0) is 13.0 Å². The van der Waals surface area contributed by atoms with Gasteiger partial charge in [-0.3, -0.25) is 9.78 Å². The molecule has 2 aliphatic heterocycles. The highest BCUT2D eigenvalue weighted by Gasteiger charge is 2.23. The van der Waals surface area contributed by atoms with Gasteiger partial charge in [0, 0.05) is 6.54 Å². The standard InChI is InChI=1S/C24H32N4O2/c1-5-18-12-19-20(11-16(18)4)28(22-21(25-19)23(29)27-24(30)26-22)13-15(3)10-17-8-6-14(2)7-9-17/h11-12,14-15,17H,5-10,13H2,1-4H3,(H,27,29,30). The molecule has 0 radical (unpaired) electrons. The van der Waals surface area contributed by atoms with Crippen LogP contribution in [0.5, 0.6) is 0 Å². The van der Waals surface area contributed by atoms with Crippen LogP contribution in [-0.4, -0.2) is 19.5 Å². The Kier molecular flexibility index (Phi) is 5.76. The number of H-pyrrole nitrogens is 1. The molecular weight excluding hydrogens is 376 g/mol. The molecule has 6 heteroatoms. The van der Waals surface area contributed by atoms with Crippen molar-refractivity contribution in [3.63, 3.8) is 0 Å². The van der Waals surface area contributed by atoms with Gasteiger partial charge in [-0.1, -0.05) is 46.5 Å². The summed E-state index contributed by atoms with van der Waals surface area (Å²) < 4.78 is 2.05. The van der Waals surface area contributed by atoms with Crippen molar-refractivity contribution >= 4 is 11.0 Å². The molecule has 0 saturated heterocycles. The van der Waals surface area contributed by atoms with E-state index in [2.05, 4.69) is 59.3 Å². The average molecular weight is 409 g/mol. The molecule has 1 saturated carbocycles. The van der Waals surface area contributed by atoms with Crippen LogP contribution in [0.15, 0.2) is 21.7 Å². The van der Waals surface area contributed by atoms with E-state index in [9.17, 15) is 9.59 Å². The van der Waals surface area contributed by atoms with Gasteiger partial charge in [-0.25, -0.2) is 9.78 Å². The Hall–Kier alpha value is -2.50. The normalized spacial score (nSPS) is 20.7. The van der Waals surface area contributed by atoms with Crippen molar-refractivity contribution in [3.05, 3.63) is 44.1 Å². The fourth-order valence-corrected chi connectivity index (χ4v) is 5.07. The zero-order chi connectivity index (χ0) is 21.4. The second kappa shape index (κ2) is 8.32. The molecule has 1 atom stereocenters. The number of fused-ring (bicyclic) bond motifs is 2. The summed E-state index contributed by atoms with van der Waals surface area (Å²) >= 11 is 0. The maximum atomic E-state index is 12.5. The van der Waals surface area contributed by atoms with Crippen LogP contribution in [0.4, 0.5) is 0 Å². The molecular formula is C24H32N4O2. The van der Waals surface area contributed by atoms with Crippen molar-refractivity contribution in [1.82, 2.24) is 19.5 Å². The first kappa shape index (κ1) is 20.8. The van der Waals surface area contributed by atoms with Crippen molar-refractivity contribution in [2.24, 2.45) is 17.8 Å². The zero-order valence-corrected chi connectivity index (χ0v) is 18.5. The van der Waals surface area contributed by atoms with E-state index in [1.54, 1.807) is 0 Å². The Labute approximate surface area is 177 Å². The summed E-state index contributed by atoms with van der Waals surface area (Å²) in [6.07, 6.45) is 7.31. The number of rotatable bonds is 5. The fraction of sp³-hybridized carbons (Fsp3) is 0.583. The minimum absolute atomic E-state index is 0.242. The lowest BCUT2D eigenvalue weighted by Crippen LogP contribution is -2.29. The molecule has 4 rings (SSSR count). The quantitative estimate of drug-likeness (QED) is 0.638. The molecule has 1 fully saturated rings. The Morgan fingerprint density at radius 2 is 1.90 bits per heavy atom. The van der Waals surface area contributed by atoms with Crippen LogP contribution >= 0.6 is 0 Å². The van der Waals surface area contributed by atoms with Gasteiger partial charge in [0.05, 0.1) is 11.0 Å². The molecule has 1 aromatic carbocycles. The molecule has 0 bridgehead atoms. The molecule has 0 aromatic heterocycles. The molecule has 1 unspecified atom stereocenters. The molecule has 0 spiro atoms. The van der Waals surface area contributed by atoms with Crippen molar-refractivity contribution in [2.75, 3.05) is 0 Å². The number of nitrogens with one attached hydrogen (secondary N) is 1. The van der Waals surface area contributed by atoms with Gasteiger partial charge in [0.15, 0.2) is 11.5 Å². The van der Waals surface area contributed by atoms with E-state index in [0.29, 0.717) is 11.7 Å². The summed E-state index contributed by atoms with van der Waals surface area (Å²) in [4.78, 5) is 35.5. The van der Waals surface area contributed by atoms with Crippen LogP contribution in [0.25, 0.3) is 22.6 Å². The minimum atomic E-state index is -0.613. The maximum Gasteiger partial charge on any atom is 0.349 e. The van der Waals surface area contributed by atoms with Gasteiger partial charge >= 0.3 is 5.69 Å². The number of hydrogen-bond acceptors (Lipinski definition) is 4. The predicted octanol–water partition coefficient (Wildman–Crippen LogP) is 4.31. The second-order valence-corrected chi connectivity index (χ2v) is 9.35. The second-order valence-electron chi connectivity index (χ2n) is 9.35. The third kappa shape index (κ3) is 4.05. The van der Waals surface area contributed by atoms with Crippen LogP contribution in [0.2, 0.25) is 0 Å².